The minimum absolute atomic E-state index is 0.342. The second kappa shape index (κ2) is 7.79. The average Bonchev–Trinajstić information content (AvgIpc) is 2.36. The van der Waals surface area contributed by atoms with Crippen LogP contribution in [0.1, 0.15) is 26.7 Å². The molecule has 1 aliphatic rings. The Kier molecular flexibility index (Phi) is 6.36. The molecule has 0 aromatic heterocycles. The molecule has 0 fully saturated rings. The van der Waals surface area contributed by atoms with Gasteiger partial charge in [-0.15, -0.1) is 0 Å². The molecule has 1 rings (SSSR count). The third kappa shape index (κ3) is 4.56. The van der Waals surface area contributed by atoms with Gasteiger partial charge in [0.05, 0.1) is 24.1 Å². The number of ether oxygens (including phenoxy) is 1. The normalized spacial score (nSPS) is 17.7. The van der Waals surface area contributed by atoms with Crippen LogP contribution in [-0.2, 0) is 9.53 Å². The Balaban J connectivity index is 3.08. The summed E-state index contributed by atoms with van der Waals surface area (Å²) < 4.78 is 5.07. The van der Waals surface area contributed by atoms with Crippen LogP contribution in [0.5, 0.6) is 0 Å². The summed E-state index contributed by atoms with van der Waals surface area (Å²) in [6.45, 7) is 4.21. The van der Waals surface area contributed by atoms with E-state index >= 15 is 0 Å². The third-order valence-electron chi connectivity index (χ3n) is 2.50. The molecule has 0 saturated carbocycles. The molecule has 1 heterocycles. The van der Waals surface area contributed by atoms with Gasteiger partial charge in [-0.1, -0.05) is 31.0 Å². The van der Waals surface area contributed by atoms with Gasteiger partial charge >= 0.3 is 5.97 Å². The van der Waals surface area contributed by atoms with Crippen LogP contribution in [0.15, 0.2) is 39.8 Å². The van der Waals surface area contributed by atoms with Crippen LogP contribution in [0.25, 0.3) is 0 Å². The highest BCUT2D eigenvalue weighted by Crippen LogP contribution is 2.19. The lowest BCUT2D eigenvalue weighted by atomic mass is 10.1. The third-order valence-corrected chi connectivity index (χ3v) is 2.70. The van der Waals surface area contributed by atoms with Crippen LogP contribution in [0, 0.1) is 0 Å². The van der Waals surface area contributed by atoms with Crippen molar-refractivity contribution in [3.05, 3.63) is 34.8 Å². The van der Waals surface area contributed by atoms with Gasteiger partial charge < -0.3 is 9.64 Å². The fourth-order valence-electron chi connectivity index (χ4n) is 1.57. The standard InChI is InChI=1S/C14H19ClN2O2/c1-4-6-7-8-11(14(18)19-5-2)12-9-16-13(15)10-17(12)3/h7-10H,4-6H2,1-3H3/b8-7+,12-11+. The van der Waals surface area contributed by atoms with Gasteiger partial charge in [0, 0.05) is 13.2 Å². The zero-order valence-corrected chi connectivity index (χ0v) is 12.3. The van der Waals surface area contributed by atoms with Gasteiger partial charge in [-0.25, -0.2) is 9.79 Å². The molecule has 4 nitrogen and oxygen atoms in total. The predicted molar refractivity (Wildman–Crippen MR) is 77.9 cm³/mol. The number of halogens is 1. The second-order valence-electron chi connectivity index (χ2n) is 4.03. The quantitative estimate of drug-likeness (QED) is 0.442. The molecule has 1 aliphatic heterocycles. The molecular weight excluding hydrogens is 264 g/mol. The highest BCUT2D eigenvalue weighted by molar-refractivity contribution is 6.30. The molecule has 0 aliphatic carbocycles. The smallest absolute Gasteiger partial charge is 0.340 e. The Bertz CT molecular complexity index is 450. The lowest BCUT2D eigenvalue weighted by Crippen LogP contribution is -2.20. The van der Waals surface area contributed by atoms with E-state index < -0.39 is 0 Å². The Morgan fingerprint density at radius 2 is 2.26 bits per heavy atom. The lowest BCUT2D eigenvalue weighted by molar-refractivity contribution is -0.138. The van der Waals surface area contributed by atoms with E-state index in [0.717, 1.165) is 12.8 Å². The van der Waals surface area contributed by atoms with Gasteiger partial charge in [0.2, 0.25) is 0 Å². The van der Waals surface area contributed by atoms with E-state index in [1.54, 1.807) is 30.3 Å². The number of unbranched alkanes of at least 4 members (excludes halogenated alkanes) is 1. The van der Waals surface area contributed by atoms with Crippen molar-refractivity contribution in [3.63, 3.8) is 0 Å². The Labute approximate surface area is 119 Å². The van der Waals surface area contributed by atoms with Gasteiger partial charge in [0.15, 0.2) is 0 Å². The minimum atomic E-state index is -0.352. The van der Waals surface area contributed by atoms with Gasteiger partial charge in [-0.3, -0.25) is 0 Å². The number of carbonyl (C=O) groups is 1. The summed E-state index contributed by atoms with van der Waals surface area (Å²) in [5.74, 6) is -0.352. The maximum absolute atomic E-state index is 12.0. The number of allylic oxidation sites excluding steroid dienone is 2. The fraction of sp³-hybridized carbons (Fsp3) is 0.429. The molecule has 5 heteroatoms. The summed E-state index contributed by atoms with van der Waals surface area (Å²) in [6.07, 6.45) is 8.91. The van der Waals surface area contributed by atoms with Gasteiger partial charge in [-0.2, -0.15) is 0 Å². The van der Waals surface area contributed by atoms with E-state index in [0.29, 0.717) is 23.0 Å². The maximum atomic E-state index is 12.0. The van der Waals surface area contributed by atoms with E-state index in [2.05, 4.69) is 11.9 Å². The van der Waals surface area contributed by atoms with Gasteiger partial charge in [0.25, 0.3) is 0 Å². The van der Waals surface area contributed by atoms with Crippen molar-refractivity contribution in [1.29, 1.82) is 0 Å². The molecule has 0 radical (unpaired) electrons. The highest BCUT2D eigenvalue weighted by atomic mass is 35.5. The maximum Gasteiger partial charge on any atom is 0.340 e. The Morgan fingerprint density at radius 3 is 2.84 bits per heavy atom. The van der Waals surface area contributed by atoms with E-state index in [1.165, 1.54) is 0 Å². The van der Waals surface area contributed by atoms with Gasteiger partial charge in [0.1, 0.15) is 5.16 Å². The molecule has 0 saturated heterocycles. The minimum Gasteiger partial charge on any atom is -0.462 e. The van der Waals surface area contributed by atoms with Crippen LogP contribution in [-0.4, -0.2) is 30.7 Å². The van der Waals surface area contributed by atoms with E-state index in [9.17, 15) is 4.79 Å². The highest BCUT2D eigenvalue weighted by Gasteiger charge is 2.17. The zero-order valence-electron chi connectivity index (χ0n) is 11.5. The molecule has 0 spiro atoms. The first-order chi connectivity index (χ1) is 9.10. The molecular formula is C14H19ClN2O2. The molecule has 0 aromatic carbocycles. The monoisotopic (exact) mass is 282 g/mol. The molecule has 0 unspecified atom stereocenters. The predicted octanol–water partition coefficient (Wildman–Crippen LogP) is 3.21. The zero-order chi connectivity index (χ0) is 14.3. The molecule has 0 aromatic rings. The van der Waals surface area contributed by atoms with Crippen molar-refractivity contribution in [1.82, 2.24) is 4.90 Å². The summed E-state index contributed by atoms with van der Waals surface area (Å²) in [5, 5.41) is 0.381. The SMILES string of the molecule is CCC/C=C/C(C(=O)OCC)=C1/C=NC(Cl)=CN1C. The number of nitrogens with zero attached hydrogens (tertiary/aromatic N) is 2. The first-order valence-electron chi connectivity index (χ1n) is 6.32. The van der Waals surface area contributed by atoms with Crippen molar-refractivity contribution in [2.24, 2.45) is 4.99 Å². The van der Waals surface area contributed by atoms with Crippen LogP contribution in [0.2, 0.25) is 0 Å². The number of esters is 1. The average molecular weight is 283 g/mol. The summed E-state index contributed by atoms with van der Waals surface area (Å²) >= 11 is 5.81. The number of hydrogen-bond donors (Lipinski definition) is 0. The first kappa shape index (κ1) is 15.5. The van der Waals surface area contributed by atoms with Gasteiger partial charge in [-0.05, 0) is 19.4 Å². The summed E-state index contributed by atoms with van der Waals surface area (Å²) in [4.78, 5) is 17.8. The number of hydrogen-bond acceptors (Lipinski definition) is 4. The number of rotatable bonds is 5. The first-order valence-corrected chi connectivity index (χ1v) is 6.70. The molecule has 0 N–H and O–H groups in total. The summed E-state index contributed by atoms with van der Waals surface area (Å²) in [6, 6.07) is 0. The topological polar surface area (TPSA) is 41.9 Å². The summed E-state index contributed by atoms with van der Waals surface area (Å²) in [7, 11) is 1.82. The van der Waals surface area contributed by atoms with Crippen molar-refractivity contribution < 1.29 is 9.53 Å². The number of aliphatic imine (C=N–C) groups is 1. The van der Waals surface area contributed by atoms with Crippen molar-refractivity contribution in [2.75, 3.05) is 13.7 Å². The Hall–Kier alpha value is -1.55. The van der Waals surface area contributed by atoms with E-state index in [1.807, 2.05) is 13.1 Å². The van der Waals surface area contributed by atoms with Crippen LogP contribution in [0.4, 0.5) is 0 Å². The van der Waals surface area contributed by atoms with Crippen molar-refractivity contribution in [2.45, 2.75) is 26.7 Å². The van der Waals surface area contributed by atoms with Crippen molar-refractivity contribution >= 4 is 23.8 Å². The fourth-order valence-corrected chi connectivity index (χ4v) is 1.77. The largest absolute Gasteiger partial charge is 0.462 e. The van der Waals surface area contributed by atoms with Crippen LogP contribution in [0.3, 0.4) is 0 Å². The lowest BCUT2D eigenvalue weighted by Gasteiger charge is -2.20. The van der Waals surface area contributed by atoms with Crippen LogP contribution < -0.4 is 0 Å². The summed E-state index contributed by atoms with van der Waals surface area (Å²) in [5.41, 5.74) is 1.16. The van der Waals surface area contributed by atoms with Crippen molar-refractivity contribution in [3.8, 4) is 0 Å². The molecule has 0 bridgehead atoms. The molecule has 19 heavy (non-hydrogen) atoms. The van der Waals surface area contributed by atoms with Crippen LogP contribution >= 0.6 is 11.6 Å². The molecule has 104 valence electrons. The molecule has 0 atom stereocenters. The second-order valence-corrected chi connectivity index (χ2v) is 4.42. The Morgan fingerprint density at radius 1 is 1.53 bits per heavy atom. The number of carbonyl (C=O) groups excluding carboxylic acids is 1. The molecule has 0 amide bonds. The van der Waals surface area contributed by atoms with E-state index in [4.69, 9.17) is 16.3 Å². The van der Waals surface area contributed by atoms with E-state index in [-0.39, 0.29) is 5.97 Å².